The van der Waals surface area contributed by atoms with Gasteiger partial charge in [-0.15, -0.1) is 0 Å². The Hall–Kier alpha value is -1.72. The van der Waals surface area contributed by atoms with Crippen molar-refractivity contribution in [1.29, 1.82) is 0 Å². The molecule has 0 radical (unpaired) electrons. The Bertz CT molecular complexity index is 756. The van der Waals surface area contributed by atoms with Gasteiger partial charge in [0.15, 0.2) is 0 Å². The molecule has 0 amide bonds. The van der Waals surface area contributed by atoms with Gasteiger partial charge in [-0.1, -0.05) is 28.1 Å². The van der Waals surface area contributed by atoms with Gasteiger partial charge < -0.3 is 5.11 Å². The second kappa shape index (κ2) is 5.34. The van der Waals surface area contributed by atoms with Crippen LogP contribution in [0.15, 0.2) is 53.3 Å². The zero-order chi connectivity index (χ0) is 14.1. The lowest BCUT2D eigenvalue weighted by atomic mass is 10.0. The summed E-state index contributed by atoms with van der Waals surface area (Å²) in [5.41, 5.74) is 2.02. The third-order valence-electron chi connectivity index (χ3n) is 3.24. The van der Waals surface area contributed by atoms with Gasteiger partial charge in [-0.3, -0.25) is 0 Å². The Labute approximate surface area is 123 Å². The topological polar surface area (TPSA) is 37.5 Å². The summed E-state index contributed by atoms with van der Waals surface area (Å²) >= 11 is 3.22. The van der Waals surface area contributed by atoms with E-state index in [1.54, 1.807) is 22.8 Å². The predicted molar refractivity (Wildman–Crippen MR) is 78.0 cm³/mol. The van der Waals surface area contributed by atoms with Crippen molar-refractivity contribution in [3.05, 3.63) is 70.2 Å². The van der Waals surface area contributed by atoms with Crippen molar-refractivity contribution in [2.45, 2.75) is 12.5 Å². The normalized spacial score (nSPS) is 12.8. The molecular formula is C15H12BrFN2O. The molecule has 3 nitrogen and oxygen atoms in total. The van der Waals surface area contributed by atoms with Crippen LogP contribution < -0.4 is 0 Å². The lowest BCUT2D eigenvalue weighted by Gasteiger charge is -2.10. The fraction of sp³-hybridized carbons (Fsp3) is 0.133. The first kappa shape index (κ1) is 13.3. The van der Waals surface area contributed by atoms with E-state index in [9.17, 15) is 9.50 Å². The number of aromatic nitrogens is 2. The van der Waals surface area contributed by atoms with E-state index in [4.69, 9.17) is 0 Å². The maximum Gasteiger partial charge on any atom is 0.127 e. The first-order chi connectivity index (χ1) is 9.65. The van der Waals surface area contributed by atoms with Crippen LogP contribution in [0.2, 0.25) is 0 Å². The van der Waals surface area contributed by atoms with E-state index in [1.165, 1.54) is 6.07 Å². The van der Waals surface area contributed by atoms with Crippen LogP contribution in [0.3, 0.4) is 0 Å². The van der Waals surface area contributed by atoms with Crippen molar-refractivity contribution in [3.63, 3.8) is 0 Å². The molecule has 1 aromatic carbocycles. The fourth-order valence-corrected chi connectivity index (χ4v) is 2.55. The van der Waals surface area contributed by atoms with Gasteiger partial charge in [-0.25, -0.2) is 8.91 Å². The van der Waals surface area contributed by atoms with Gasteiger partial charge >= 0.3 is 0 Å². The second-order valence-corrected chi connectivity index (χ2v) is 5.50. The lowest BCUT2D eigenvalue weighted by Crippen LogP contribution is -2.03. The van der Waals surface area contributed by atoms with Gasteiger partial charge in [0.1, 0.15) is 5.82 Å². The molecule has 102 valence electrons. The molecule has 0 fully saturated rings. The Morgan fingerprint density at radius 2 is 2.15 bits per heavy atom. The molecule has 2 aromatic heterocycles. The molecule has 0 saturated carbocycles. The van der Waals surface area contributed by atoms with Gasteiger partial charge in [-0.2, -0.15) is 5.10 Å². The van der Waals surface area contributed by atoms with Crippen molar-refractivity contribution in [2.75, 3.05) is 0 Å². The molecule has 0 aliphatic rings. The van der Waals surface area contributed by atoms with Gasteiger partial charge in [0.05, 0.1) is 17.8 Å². The number of hydrogen-bond acceptors (Lipinski definition) is 2. The van der Waals surface area contributed by atoms with E-state index in [2.05, 4.69) is 21.0 Å². The molecule has 5 heteroatoms. The first-order valence-corrected chi connectivity index (χ1v) is 6.99. The minimum Gasteiger partial charge on any atom is -0.388 e. The first-order valence-electron chi connectivity index (χ1n) is 6.19. The number of benzene rings is 1. The molecule has 0 aliphatic heterocycles. The molecule has 1 unspecified atom stereocenters. The Kier molecular flexibility index (Phi) is 3.54. The molecular weight excluding hydrogens is 323 g/mol. The summed E-state index contributed by atoms with van der Waals surface area (Å²) in [4.78, 5) is 0. The van der Waals surface area contributed by atoms with Gasteiger partial charge in [0.25, 0.3) is 0 Å². The molecule has 3 aromatic rings. The maximum atomic E-state index is 13.8. The molecule has 20 heavy (non-hydrogen) atoms. The van der Waals surface area contributed by atoms with Crippen LogP contribution in [-0.4, -0.2) is 14.7 Å². The van der Waals surface area contributed by atoms with Crippen molar-refractivity contribution in [3.8, 4) is 0 Å². The Balaban J connectivity index is 1.91. The summed E-state index contributed by atoms with van der Waals surface area (Å²) in [6.07, 6.45) is 2.86. The summed E-state index contributed by atoms with van der Waals surface area (Å²) in [5.74, 6) is -0.324. The number of hydrogen-bond donors (Lipinski definition) is 1. The zero-order valence-electron chi connectivity index (χ0n) is 10.5. The maximum absolute atomic E-state index is 13.8. The Morgan fingerprint density at radius 1 is 1.30 bits per heavy atom. The van der Waals surface area contributed by atoms with Crippen LogP contribution in [-0.2, 0) is 6.42 Å². The summed E-state index contributed by atoms with van der Waals surface area (Å²) in [7, 11) is 0. The van der Waals surface area contributed by atoms with Gasteiger partial charge in [0, 0.05) is 22.7 Å². The third-order valence-corrected chi connectivity index (χ3v) is 3.74. The highest BCUT2D eigenvalue weighted by Gasteiger charge is 2.16. The van der Waals surface area contributed by atoms with E-state index < -0.39 is 6.10 Å². The van der Waals surface area contributed by atoms with E-state index >= 15 is 0 Å². The number of pyridine rings is 1. The van der Waals surface area contributed by atoms with Crippen LogP contribution in [0.1, 0.15) is 17.2 Å². The highest BCUT2D eigenvalue weighted by molar-refractivity contribution is 9.10. The standard InChI is InChI=1S/C15H12BrFN2O/c16-11-5-4-10(13(17)8-11)7-15(20)12-9-18-19-6-2-1-3-14(12)19/h1-6,8-9,15,20H,7H2. The second-order valence-electron chi connectivity index (χ2n) is 4.59. The minimum atomic E-state index is -0.787. The van der Waals surface area contributed by atoms with E-state index in [0.29, 0.717) is 15.6 Å². The number of nitrogens with zero attached hydrogens (tertiary/aromatic N) is 2. The number of rotatable bonds is 3. The molecule has 0 spiro atoms. The Morgan fingerprint density at radius 3 is 2.95 bits per heavy atom. The van der Waals surface area contributed by atoms with Crippen molar-refractivity contribution < 1.29 is 9.50 Å². The van der Waals surface area contributed by atoms with Crippen LogP contribution in [0.4, 0.5) is 4.39 Å². The van der Waals surface area contributed by atoms with E-state index in [1.807, 2.05) is 24.4 Å². The minimum absolute atomic E-state index is 0.218. The highest BCUT2D eigenvalue weighted by Crippen LogP contribution is 2.25. The van der Waals surface area contributed by atoms with E-state index in [0.717, 1.165) is 5.52 Å². The highest BCUT2D eigenvalue weighted by atomic mass is 79.9. The van der Waals surface area contributed by atoms with Crippen molar-refractivity contribution in [2.24, 2.45) is 0 Å². The SMILES string of the molecule is OC(Cc1ccc(Br)cc1F)c1cnn2ccccc12. The molecule has 0 saturated heterocycles. The molecule has 0 aliphatic carbocycles. The average molecular weight is 335 g/mol. The molecule has 3 rings (SSSR count). The molecule has 0 bridgehead atoms. The summed E-state index contributed by atoms with van der Waals surface area (Å²) < 4.78 is 16.2. The van der Waals surface area contributed by atoms with Crippen LogP contribution in [0.5, 0.6) is 0 Å². The number of aliphatic hydroxyl groups is 1. The van der Waals surface area contributed by atoms with Crippen molar-refractivity contribution >= 4 is 21.4 Å². The largest absolute Gasteiger partial charge is 0.388 e. The fourth-order valence-electron chi connectivity index (χ4n) is 2.22. The summed E-state index contributed by atoms with van der Waals surface area (Å²) in [6.45, 7) is 0. The number of fused-ring (bicyclic) bond motifs is 1. The zero-order valence-corrected chi connectivity index (χ0v) is 12.1. The summed E-state index contributed by atoms with van der Waals surface area (Å²) in [5, 5.41) is 14.5. The van der Waals surface area contributed by atoms with Crippen molar-refractivity contribution in [1.82, 2.24) is 9.61 Å². The van der Waals surface area contributed by atoms with E-state index in [-0.39, 0.29) is 12.2 Å². The molecule has 2 heterocycles. The average Bonchev–Trinajstić information content (AvgIpc) is 2.86. The lowest BCUT2D eigenvalue weighted by molar-refractivity contribution is 0.178. The number of halogens is 2. The molecule has 1 N–H and O–H groups in total. The van der Waals surface area contributed by atoms with Gasteiger partial charge in [-0.05, 0) is 29.8 Å². The predicted octanol–water partition coefficient (Wildman–Crippen LogP) is 3.51. The molecule has 1 atom stereocenters. The quantitative estimate of drug-likeness (QED) is 0.795. The number of aliphatic hydroxyl groups excluding tert-OH is 1. The van der Waals surface area contributed by atoms with Gasteiger partial charge in [0.2, 0.25) is 0 Å². The third kappa shape index (κ3) is 2.46. The van der Waals surface area contributed by atoms with Crippen LogP contribution >= 0.6 is 15.9 Å². The van der Waals surface area contributed by atoms with Crippen LogP contribution in [0, 0.1) is 5.82 Å². The monoisotopic (exact) mass is 334 g/mol. The summed E-state index contributed by atoms with van der Waals surface area (Å²) in [6, 6.07) is 10.5. The van der Waals surface area contributed by atoms with Crippen LogP contribution in [0.25, 0.3) is 5.52 Å². The smallest absolute Gasteiger partial charge is 0.127 e.